The number of phenols is 1. The van der Waals surface area contributed by atoms with Crippen LogP contribution < -0.4 is 10.6 Å². The van der Waals surface area contributed by atoms with Gasteiger partial charge in [-0.3, -0.25) is 9.36 Å². The lowest BCUT2D eigenvalue weighted by Gasteiger charge is -2.16. The average molecular weight is 502 g/mol. The number of nitrogens with zero attached hydrogens (tertiary/aromatic N) is 4. The number of fused-ring (bicyclic) bond motifs is 1. The number of benzene rings is 1. The third kappa shape index (κ3) is 5.62. The summed E-state index contributed by atoms with van der Waals surface area (Å²) in [5.41, 5.74) is 1.67. The van der Waals surface area contributed by atoms with Crippen molar-refractivity contribution in [1.29, 1.82) is 0 Å². The number of hydrogen-bond donors (Lipinski definition) is 5. The molecule has 3 aromatic rings. The summed E-state index contributed by atoms with van der Waals surface area (Å²) in [4.78, 5) is 35.9. The Morgan fingerprint density at radius 2 is 1.89 bits per heavy atom. The highest BCUT2D eigenvalue weighted by Gasteiger charge is 2.45. The first-order valence-electron chi connectivity index (χ1n) is 11.1. The van der Waals surface area contributed by atoms with Gasteiger partial charge in [0.25, 0.3) is 0 Å². The third-order valence-corrected chi connectivity index (χ3v) is 5.43. The Morgan fingerprint density at radius 3 is 2.64 bits per heavy atom. The van der Waals surface area contributed by atoms with Crippen molar-refractivity contribution in [1.82, 2.24) is 24.8 Å². The Balaban J connectivity index is 1.39. The molecule has 14 heteroatoms. The zero-order valence-corrected chi connectivity index (χ0v) is 19.3. The smallest absolute Gasteiger partial charge is 0.407 e. The van der Waals surface area contributed by atoms with Gasteiger partial charge >= 0.3 is 12.1 Å². The van der Waals surface area contributed by atoms with E-state index in [9.17, 15) is 24.9 Å². The van der Waals surface area contributed by atoms with Crippen LogP contribution in [0.15, 0.2) is 36.9 Å². The molecule has 0 saturated carbocycles. The quantitative estimate of drug-likeness (QED) is 0.248. The van der Waals surface area contributed by atoms with E-state index in [1.54, 1.807) is 31.2 Å². The molecule has 36 heavy (non-hydrogen) atoms. The highest BCUT2D eigenvalue weighted by atomic mass is 16.6. The van der Waals surface area contributed by atoms with Crippen LogP contribution in [0.4, 0.5) is 10.6 Å². The molecule has 0 radical (unpaired) electrons. The number of phenolic OH excluding ortho intramolecular Hbond substituents is 1. The van der Waals surface area contributed by atoms with Crippen LogP contribution in [0.2, 0.25) is 0 Å². The maximum absolute atomic E-state index is 11.8. The predicted octanol–water partition coefficient (Wildman–Crippen LogP) is 0.0525. The number of nitrogens with one attached hydrogen (secondary N) is 2. The first-order chi connectivity index (χ1) is 17.4. The number of amides is 1. The molecule has 0 bridgehead atoms. The molecule has 1 fully saturated rings. The molecule has 1 aliphatic heterocycles. The van der Waals surface area contributed by atoms with Gasteiger partial charge in [0.05, 0.1) is 12.9 Å². The van der Waals surface area contributed by atoms with Gasteiger partial charge in [0.15, 0.2) is 23.2 Å². The van der Waals surface area contributed by atoms with E-state index in [0.29, 0.717) is 23.5 Å². The average Bonchev–Trinajstić information content (AvgIpc) is 3.42. The summed E-state index contributed by atoms with van der Waals surface area (Å²) in [6.45, 7) is 1.50. The van der Waals surface area contributed by atoms with E-state index >= 15 is 0 Å². The second-order valence-corrected chi connectivity index (χ2v) is 7.87. The van der Waals surface area contributed by atoms with E-state index in [1.165, 1.54) is 17.2 Å². The summed E-state index contributed by atoms with van der Waals surface area (Å²) >= 11 is 0. The number of hydrogen-bond acceptors (Lipinski definition) is 12. The maximum Gasteiger partial charge on any atom is 0.407 e. The monoisotopic (exact) mass is 502 g/mol. The molecule has 1 saturated heterocycles. The number of rotatable bonds is 9. The first-order valence-corrected chi connectivity index (χ1v) is 11.1. The Kier molecular flexibility index (Phi) is 7.77. The van der Waals surface area contributed by atoms with Gasteiger partial charge in [0.2, 0.25) is 0 Å². The second kappa shape index (κ2) is 11.2. The van der Waals surface area contributed by atoms with Gasteiger partial charge in [0.1, 0.15) is 43.5 Å². The normalized spacial score (nSPS) is 21.3. The molecule has 4 unspecified atom stereocenters. The number of aliphatic hydroxyl groups is 2. The van der Waals surface area contributed by atoms with Crippen molar-refractivity contribution in [3.63, 3.8) is 0 Å². The van der Waals surface area contributed by atoms with Crippen LogP contribution in [0.3, 0.4) is 0 Å². The maximum atomic E-state index is 11.8. The lowest BCUT2D eigenvalue weighted by molar-refractivity contribution is -0.141. The Morgan fingerprint density at radius 1 is 1.11 bits per heavy atom. The Labute approximate surface area is 204 Å². The van der Waals surface area contributed by atoms with Crippen molar-refractivity contribution in [2.24, 2.45) is 0 Å². The van der Waals surface area contributed by atoms with Crippen LogP contribution >= 0.6 is 0 Å². The minimum Gasteiger partial charge on any atom is -0.508 e. The molecule has 0 spiro atoms. The van der Waals surface area contributed by atoms with Crippen LogP contribution in [0.25, 0.3) is 11.2 Å². The van der Waals surface area contributed by atoms with Crippen LogP contribution in [0, 0.1) is 0 Å². The molecule has 0 aliphatic carbocycles. The first kappa shape index (κ1) is 25.1. The zero-order valence-electron chi connectivity index (χ0n) is 19.3. The van der Waals surface area contributed by atoms with E-state index in [1.807, 2.05) is 0 Å². The van der Waals surface area contributed by atoms with Gasteiger partial charge in [-0.05, 0) is 24.6 Å². The van der Waals surface area contributed by atoms with Gasteiger partial charge in [-0.25, -0.2) is 19.7 Å². The fourth-order valence-electron chi connectivity index (χ4n) is 3.63. The van der Waals surface area contributed by atoms with E-state index in [4.69, 9.17) is 14.2 Å². The molecule has 1 aliphatic rings. The summed E-state index contributed by atoms with van der Waals surface area (Å²) in [6.07, 6.45) is -2.98. The Bertz CT molecular complexity index is 1200. The number of aliphatic hydroxyl groups excluding tert-OH is 2. The topological polar surface area (TPSA) is 190 Å². The van der Waals surface area contributed by atoms with Crippen molar-refractivity contribution in [3.8, 4) is 5.75 Å². The Hall–Kier alpha value is -4.01. The number of esters is 1. The number of aromatic hydroxyl groups is 1. The molecule has 3 heterocycles. The molecular weight excluding hydrogens is 476 g/mol. The molecule has 1 amide bonds. The van der Waals surface area contributed by atoms with Crippen molar-refractivity contribution in [3.05, 3.63) is 42.5 Å². The van der Waals surface area contributed by atoms with Gasteiger partial charge in [-0.2, -0.15) is 0 Å². The van der Waals surface area contributed by atoms with Crippen LogP contribution in [0.1, 0.15) is 18.7 Å². The minimum absolute atomic E-state index is 0.167. The number of anilines is 1. The SMILES string of the molecule is CCOC(=O)CNC(=O)OCC1OC(n2cnc3c(NCc4ccc(O)cc4)ncnc32)C(O)C1O. The van der Waals surface area contributed by atoms with Crippen LogP contribution in [-0.4, -0.2) is 85.0 Å². The number of imidazole rings is 1. The standard InChI is InChI=1S/C22H26N6O8/c1-2-34-15(30)8-24-22(33)35-9-14-17(31)18(32)21(36-14)28-11-27-16-19(25-10-26-20(16)28)23-7-12-3-5-13(29)6-4-12/h3-6,10-11,14,17-18,21,29,31-32H,2,7-9H2,1H3,(H,24,33)(H,23,25,26). The predicted molar refractivity (Wildman–Crippen MR) is 123 cm³/mol. The van der Waals surface area contributed by atoms with Crippen LogP contribution in [0.5, 0.6) is 5.75 Å². The van der Waals surface area contributed by atoms with E-state index in [2.05, 4.69) is 25.6 Å². The zero-order chi connectivity index (χ0) is 25.7. The summed E-state index contributed by atoms with van der Waals surface area (Å²) in [6, 6.07) is 6.69. The summed E-state index contributed by atoms with van der Waals surface area (Å²) in [7, 11) is 0. The summed E-state index contributed by atoms with van der Waals surface area (Å²) < 4.78 is 16.9. The van der Waals surface area contributed by atoms with Gasteiger partial charge < -0.3 is 40.2 Å². The molecule has 4 atom stereocenters. The molecule has 1 aromatic carbocycles. The van der Waals surface area contributed by atoms with E-state index < -0.39 is 36.6 Å². The van der Waals surface area contributed by atoms with Crippen molar-refractivity contribution < 1.29 is 39.1 Å². The van der Waals surface area contributed by atoms with Crippen LogP contribution in [-0.2, 0) is 25.5 Å². The molecule has 192 valence electrons. The van der Waals surface area contributed by atoms with Crippen molar-refractivity contribution in [2.45, 2.75) is 38.0 Å². The van der Waals surface area contributed by atoms with Crippen molar-refractivity contribution in [2.75, 3.05) is 25.1 Å². The molecule has 4 rings (SSSR count). The molecular formula is C22H26N6O8. The molecule has 5 N–H and O–H groups in total. The molecule has 14 nitrogen and oxygen atoms in total. The fourth-order valence-corrected chi connectivity index (χ4v) is 3.63. The highest BCUT2D eigenvalue weighted by molar-refractivity contribution is 5.82. The fraction of sp³-hybridized carbons (Fsp3) is 0.409. The largest absolute Gasteiger partial charge is 0.508 e. The third-order valence-electron chi connectivity index (χ3n) is 5.43. The minimum atomic E-state index is -1.36. The van der Waals surface area contributed by atoms with Gasteiger partial charge in [-0.15, -0.1) is 0 Å². The number of alkyl carbamates (subject to hydrolysis) is 1. The number of carbonyl (C=O) groups is 2. The van der Waals surface area contributed by atoms with Gasteiger partial charge in [0, 0.05) is 6.54 Å². The lowest BCUT2D eigenvalue weighted by Crippen LogP contribution is -2.37. The molecule has 2 aromatic heterocycles. The van der Waals surface area contributed by atoms with E-state index in [-0.39, 0.29) is 25.5 Å². The number of carbonyl (C=O) groups excluding carboxylic acids is 2. The number of ether oxygens (including phenoxy) is 3. The second-order valence-electron chi connectivity index (χ2n) is 7.87. The summed E-state index contributed by atoms with van der Waals surface area (Å²) in [5, 5.41) is 35.8. The van der Waals surface area contributed by atoms with E-state index in [0.717, 1.165) is 5.56 Å². The van der Waals surface area contributed by atoms with Gasteiger partial charge in [-0.1, -0.05) is 12.1 Å². The highest BCUT2D eigenvalue weighted by Crippen LogP contribution is 2.32. The van der Waals surface area contributed by atoms with Crippen molar-refractivity contribution >= 4 is 29.0 Å². The number of aromatic nitrogens is 4. The lowest BCUT2D eigenvalue weighted by atomic mass is 10.1. The summed E-state index contributed by atoms with van der Waals surface area (Å²) in [5.74, 6) is -0.00811.